The van der Waals surface area contributed by atoms with E-state index in [4.69, 9.17) is 9.97 Å². The maximum Gasteiger partial charge on any atom is 0.134 e. The summed E-state index contributed by atoms with van der Waals surface area (Å²) < 4.78 is 0. The van der Waals surface area contributed by atoms with E-state index in [1.807, 2.05) is 60.7 Å². The molecule has 0 aliphatic heterocycles. The number of rotatable bonds is 5. The number of hydrogen-bond acceptors (Lipinski definition) is 8. The van der Waals surface area contributed by atoms with Gasteiger partial charge in [0.2, 0.25) is 0 Å². The quantitative estimate of drug-likeness (QED) is 0.200. The Hall–Kier alpha value is -5.50. The Labute approximate surface area is 269 Å². The van der Waals surface area contributed by atoms with Crippen molar-refractivity contribution in [2.75, 3.05) is 0 Å². The van der Waals surface area contributed by atoms with Crippen LogP contribution in [0.1, 0.15) is 52.7 Å². The minimum atomic E-state index is -0.194. The highest BCUT2D eigenvalue weighted by molar-refractivity contribution is 5.83. The number of aromatic hydroxyl groups is 2. The van der Waals surface area contributed by atoms with E-state index in [0.717, 1.165) is 11.1 Å². The smallest absolute Gasteiger partial charge is 0.134 e. The SMILES string of the molecule is CC(C)(C)c1cc(-c2cnccn2)c(O)c(-c2cccc(-c3cccc(-c4cc(C(C)(C)C)cc(-c5cnccn5)c4O)n3)n2)c1. The summed E-state index contributed by atoms with van der Waals surface area (Å²) in [4.78, 5) is 27.3. The van der Waals surface area contributed by atoms with Gasteiger partial charge in [-0.25, -0.2) is 9.97 Å². The Morgan fingerprint density at radius 1 is 0.457 bits per heavy atom. The standard InChI is InChI=1S/C38H36N6O2/c1-37(2,3)23-17-25(35(45)27(19-23)33-21-39-13-15-41-33)29-9-7-11-31(43-29)32-12-8-10-30(44-32)26-18-24(38(4,5)6)20-28(36(26)46)34-22-40-14-16-42-34/h7-22,45-46H,1-6H3. The Morgan fingerprint density at radius 2 is 0.804 bits per heavy atom. The summed E-state index contributed by atoms with van der Waals surface area (Å²) in [6.45, 7) is 12.8. The topological polar surface area (TPSA) is 118 Å². The Kier molecular flexibility index (Phi) is 7.82. The third-order valence-electron chi connectivity index (χ3n) is 7.94. The second-order valence-electron chi connectivity index (χ2n) is 13.3. The highest BCUT2D eigenvalue weighted by Crippen LogP contribution is 2.43. The second-order valence-corrected chi connectivity index (χ2v) is 13.3. The first-order valence-electron chi connectivity index (χ1n) is 15.1. The predicted molar refractivity (Wildman–Crippen MR) is 181 cm³/mol. The third kappa shape index (κ3) is 6.06. The van der Waals surface area contributed by atoms with E-state index in [9.17, 15) is 10.2 Å². The van der Waals surface area contributed by atoms with Crippen LogP contribution in [0.3, 0.4) is 0 Å². The first-order valence-corrected chi connectivity index (χ1v) is 15.1. The minimum absolute atomic E-state index is 0.0836. The minimum Gasteiger partial charge on any atom is -0.507 e. The van der Waals surface area contributed by atoms with Gasteiger partial charge in [0.15, 0.2) is 0 Å². The third-order valence-corrected chi connectivity index (χ3v) is 7.94. The number of benzene rings is 2. The van der Waals surface area contributed by atoms with E-state index in [-0.39, 0.29) is 22.3 Å². The van der Waals surface area contributed by atoms with Gasteiger partial charge in [0.05, 0.1) is 46.6 Å². The summed E-state index contributed by atoms with van der Waals surface area (Å²) in [5, 5.41) is 23.0. The zero-order valence-corrected chi connectivity index (χ0v) is 26.8. The molecule has 4 heterocycles. The van der Waals surface area contributed by atoms with Gasteiger partial charge in [-0.2, -0.15) is 0 Å². The molecule has 46 heavy (non-hydrogen) atoms. The number of nitrogens with zero attached hydrogens (tertiary/aromatic N) is 6. The highest BCUT2D eigenvalue weighted by Gasteiger charge is 2.23. The molecule has 0 fully saturated rings. The van der Waals surface area contributed by atoms with Crippen LogP contribution in [0.5, 0.6) is 11.5 Å². The maximum atomic E-state index is 11.5. The molecule has 4 aromatic heterocycles. The van der Waals surface area contributed by atoms with Crippen molar-refractivity contribution in [2.45, 2.75) is 52.4 Å². The number of aromatic nitrogens is 6. The summed E-state index contributed by atoms with van der Waals surface area (Å²) >= 11 is 0. The van der Waals surface area contributed by atoms with Crippen LogP contribution in [0, 0.1) is 0 Å². The van der Waals surface area contributed by atoms with Crippen LogP contribution in [0.2, 0.25) is 0 Å². The molecule has 0 unspecified atom stereocenters. The maximum absolute atomic E-state index is 11.5. The van der Waals surface area contributed by atoms with Gasteiger partial charge in [0, 0.05) is 47.0 Å². The number of hydrogen-bond donors (Lipinski definition) is 2. The highest BCUT2D eigenvalue weighted by atomic mass is 16.3. The number of pyridine rings is 2. The fourth-order valence-electron chi connectivity index (χ4n) is 5.25. The molecule has 2 aromatic carbocycles. The molecule has 0 aliphatic carbocycles. The molecule has 2 N–H and O–H groups in total. The van der Waals surface area contributed by atoms with Crippen LogP contribution in [-0.4, -0.2) is 40.1 Å². The Balaban J connectivity index is 1.47. The lowest BCUT2D eigenvalue weighted by molar-refractivity contribution is 0.477. The summed E-state index contributed by atoms with van der Waals surface area (Å²) in [6.07, 6.45) is 9.73. The molecule has 0 spiro atoms. The summed E-state index contributed by atoms with van der Waals surface area (Å²) in [5.74, 6) is 0.167. The van der Waals surface area contributed by atoms with Gasteiger partial charge in [-0.15, -0.1) is 0 Å². The lowest BCUT2D eigenvalue weighted by atomic mass is 9.83. The molecule has 0 bridgehead atoms. The van der Waals surface area contributed by atoms with Crippen LogP contribution in [0.15, 0.2) is 97.8 Å². The van der Waals surface area contributed by atoms with Crippen LogP contribution < -0.4 is 0 Å². The van der Waals surface area contributed by atoms with Crippen LogP contribution in [0.4, 0.5) is 0 Å². The predicted octanol–water partition coefficient (Wildman–Crippen LogP) is 8.40. The molecule has 0 radical (unpaired) electrons. The van der Waals surface area contributed by atoms with Crippen molar-refractivity contribution < 1.29 is 10.2 Å². The van der Waals surface area contributed by atoms with Gasteiger partial charge in [-0.05, 0) is 70.5 Å². The van der Waals surface area contributed by atoms with Crippen LogP contribution in [-0.2, 0) is 10.8 Å². The number of phenols is 2. The molecular weight excluding hydrogens is 572 g/mol. The molecule has 0 aliphatic rings. The van der Waals surface area contributed by atoms with Crippen LogP contribution >= 0.6 is 0 Å². The monoisotopic (exact) mass is 608 g/mol. The van der Waals surface area contributed by atoms with Gasteiger partial charge in [-0.1, -0.05) is 53.7 Å². The van der Waals surface area contributed by atoms with Crippen molar-refractivity contribution in [1.82, 2.24) is 29.9 Å². The fraction of sp³-hybridized carbons (Fsp3) is 0.211. The average Bonchev–Trinajstić information content (AvgIpc) is 3.05. The van der Waals surface area contributed by atoms with Crippen molar-refractivity contribution in [1.29, 1.82) is 0 Å². The van der Waals surface area contributed by atoms with Crippen molar-refractivity contribution in [3.8, 4) is 67.9 Å². The molecule has 6 rings (SSSR count). The molecule has 0 atom stereocenters. The molecule has 0 amide bonds. The van der Waals surface area contributed by atoms with Gasteiger partial charge in [-0.3, -0.25) is 19.9 Å². The van der Waals surface area contributed by atoms with E-state index >= 15 is 0 Å². The van der Waals surface area contributed by atoms with Gasteiger partial charge in [0.1, 0.15) is 11.5 Å². The van der Waals surface area contributed by atoms with E-state index in [2.05, 4.69) is 61.5 Å². The van der Waals surface area contributed by atoms with Gasteiger partial charge in [0.25, 0.3) is 0 Å². The van der Waals surface area contributed by atoms with Crippen molar-refractivity contribution >= 4 is 0 Å². The first-order chi connectivity index (χ1) is 21.9. The summed E-state index contributed by atoms with van der Waals surface area (Å²) in [7, 11) is 0. The van der Waals surface area contributed by atoms with Crippen molar-refractivity contribution in [2.24, 2.45) is 0 Å². The average molecular weight is 609 g/mol. The molecule has 8 nitrogen and oxygen atoms in total. The lowest BCUT2D eigenvalue weighted by Gasteiger charge is -2.22. The van der Waals surface area contributed by atoms with E-state index in [0.29, 0.717) is 56.4 Å². The molecular formula is C38H36N6O2. The normalized spacial score (nSPS) is 11.9. The molecule has 8 heteroatoms. The summed E-state index contributed by atoms with van der Waals surface area (Å²) in [5.41, 5.74) is 7.65. The molecule has 6 aromatic rings. The van der Waals surface area contributed by atoms with Crippen molar-refractivity contribution in [3.05, 3.63) is 109 Å². The van der Waals surface area contributed by atoms with Crippen LogP contribution in [0.25, 0.3) is 56.4 Å². The number of phenolic OH excluding ortho intramolecular Hbond substituents is 2. The zero-order chi connectivity index (χ0) is 32.6. The summed E-state index contributed by atoms with van der Waals surface area (Å²) in [6, 6.07) is 19.2. The first kappa shape index (κ1) is 30.5. The molecule has 0 saturated heterocycles. The Morgan fingerprint density at radius 3 is 1.13 bits per heavy atom. The second kappa shape index (κ2) is 11.8. The van der Waals surface area contributed by atoms with E-state index < -0.39 is 0 Å². The fourth-order valence-corrected chi connectivity index (χ4v) is 5.25. The van der Waals surface area contributed by atoms with E-state index in [1.54, 1.807) is 37.2 Å². The Bertz CT molecular complexity index is 1880. The zero-order valence-electron chi connectivity index (χ0n) is 26.8. The van der Waals surface area contributed by atoms with Gasteiger partial charge >= 0.3 is 0 Å². The largest absolute Gasteiger partial charge is 0.507 e. The lowest BCUT2D eigenvalue weighted by Crippen LogP contribution is -2.11. The molecule has 230 valence electrons. The van der Waals surface area contributed by atoms with E-state index in [1.165, 1.54) is 0 Å². The molecule has 0 saturated carbocycles. The van der Waals surface area contributed by atoms with Crippen molar-refractivity contribution in [3.63, 3.8) is 0 Å². The van der Waals surface area contributed by atoms with Gasteiger partial charge < -0.3 is 10.2 Å².